The number of nitrogens with one attached hydrogen (secondary N) is 1. The molecule has 0 fully saturated rings. The third kappa shape index (κ3) is 1.96. The molecule has 2 aromatic carbocycles. The first kappa shape index (κ1) is 12.0. The van der Waals surface area contributed by atoms with Gasteiger partial charge in [-0.25, -0.2) is 4.98 Å². The average molecular weight is 278 g/mol. The van der Waals surface area contributed by atoms with Gasteiger partial charge in [0.05, 0.1) is 11.8 Å². The quantitative estimate of drug-likeness (QED) is 0.723. The summed E-state index contributed by atoms with van der Waals surface area (Å²) >= 11 is 0. The fraction of sp³-hybridized carbons (Fsp3) is 0.118. The number of aryl methyl sites for hydroxylation is 2. The Balaban J connectivity index is 1.72. The molecule has 3 aromatic rings. The highest BCUT2D eigenvalue weighted by atomic mass is 16.5. The molecule has 0 unspecified atom stereocenters. The molecule has 1 aliphatic rings. The second kappa shape index (κ2) is 4.38. The van der Waals surface area contributed by atoms with E-state index in [1.165, 1.54) is 0 Å². The summed E-state index contributed by atoms with van der Waals surface area (Å²) in [6.45, 7) is 4.06. The predicted molar refractivity (Wildman–Crippen MR) is 82.2 cm³/mol. The number of hydrogen-bond acceptors (Lipinski definition) is 4. The van der Waals surface area contributed by atoms with Gasteiger partial charge in [0.15, 0.2) is 11.3 Å². The summed E-state index contributed by atoms with van der Waals surface area (Å²) in [5, 5.41) is 3.25. The Morgan fingerprint density at radius 1 is 1.05 bits per heavy atom. The van der Waals surface area contributed by atoms with E-state index in [1.54, 1.807) is 6.08 Å². The summed E-state index contributed by atoms with van der Waals surface area (Å²) < 4.78 is 11.5. The Bertz CT molecular complexity index is 878. The van der Waals surface area contributed by atoms with Gasteiger partial charge in [-0.05, 0) is 37.1 Å². The van der Waals surface area contributed by atoms with Crippen molar-refractivity contribution in [3.63, 3.8) is 0 Å². The van der Waals surface area contributed by atoms with E-state index in [1.807, 2.05) is 50.2 Å². The molecule has 104 valence electrons. The van der Waals surface area contributed by atoms with Crippen LogP contribution in [-0.2, 0) is 0 Å². The van der Waals surface area contributed by atoms with E-state index in [-0.39, 0.29) is 0 Å². The number of hydrogen-bond donors (Lipinski definition) is 1. The van der Waals surface area contributed by atoms with Crippen molar-refractivity contribution in [2.45, 2.75) is 13.8 Å². The van der Waals surface area contributed by atoms with E-state index in [9.17, 15) is 0 Å². The molecule has 4 rings (SSSR count). The minimum absolute atomic E-state index is 0.534. The number of benzene rings is 2. The van der Waals surface area contributed by atoms with Crippen molar-refractivity contribution in [2.75, 3.05) is 5.32 Å². The number of oxazole rings is 1. The Kier molecular flexibility index (Phi) is 2.51. The Morgan fingerprint density at radius 2 is 1.86 bits per heavy atom. The van der Waals surface area contributed by atoms with Gasteiger partial charge in [0, 0.05) is 0 Å². The zero-order chi connectivity index (χ0) is 14.4. The number of fused-ring (bicyclic) bond motifs is 2. The van der Waals surface area contributed by atoms with Crippen LogP contribution in [-0.4, -0.2) is 4.98 Å². The maximum atomic E-state index is 5.77. The lowest BCUT2D eigenvalue weighted by Crippen LogP contribution is -1.96. The molecule has 0 saturated carbocycles. The number of ether oxygens (including phenoxy) is 1. The second-order valence-electron chi connectivity index (χ2n) is 5.16. The molecule has 4 nitrogen and oxygen atoms in total. The van der Waals surface area contributed by atoms with Crippen molar-refractivity contribution >= 4 is 22.9 Å². The SMILES string of the molecule is Cc1cccc2c1N/C(=C\c1nc3c(C)cccc3o1)O2. The summed E-state index contributed by atoms with van der Waals surface area (Å²) in [5.41, 5.74) is 4.91. The lowest BCUT2D eigenvalue weighted by atomic mass is 10.2. The molecule has 0 atom stereocenters. The number of para-hydroxylation sites is 2. The number of anilines is 1. The highest BCUT2D eigenvalue weighted by Crippen LogP contribution is 2.36. The zero-order valence-electron chi connectivity index (χ0n) is 11.8. The maximum absolute atomic E-state index is 5.77. The molecule has 0 radical (unpaired) electrons. The molecule has 0 saturated heterocycles. The highest BCUT2D eigenvalue weighted by molar-refractivity contribution is 5.78. The summed E-state index contributed by atoms with van der Waals surface area (Å²) in [6.07, 6.45) is 1.78. The van der Waals surface area contributed by atoms with E-state index in [2.05, 4.69) is 10.3 Å². The third-order valence-corrected chi connectivity index (χ3v) is 3.59. The monoisotopic (exact) mass is 278 g/mol. The summed E-state index contributed by atoms with van der Waals surface area (Å²) in [5.74, 6) is 1.99. The smallest absolute Gasteiger partial charge is 0.225 e. The largest absolute Gasteiger partial charge is 0.439 e. The third-order valence-electron chi connectivity index (χ3n) is 3.59. The first-order valence-corrected chi connectivity index (χ1v) is 6.83. The number of rotatable bonds is 1. The van der Waals surface area contributed by atoms with Crippen molar-refractivity contribution < 1.29 is 9.15 Å². The van der Waals surface area contributed by atoms with Gasteiger partial charge >= 0.3 is 0 Å². The van der Waals surface area contributed by atoms with Crippen LogP contribution in [0.25, 0.3) is 17.2 Å². The van der Waals surface area contributed by atoms with Crippen molar-refractivity contribution in [2.24, 2.45) is 0 Å². The topological polar surface area (TPSA) is 47.3 Å². The molecule has 21 heavy (non-hydrogen) atoms. The standard InChI is InChI=1S/C17H14N2O2/c1-10-5-3-7-12-16(10)18-14(20-12)9-15-19-17-11(2)6-4-8-13(17)21-15/h3-9,18H,1-2H3/b14-9+. The molecule has 2 heterocycles. The molecule has 4 heteroatoms. The lowest BCUT2D eigenvalue weighted by molar-refractivity contribution is 0.459. The Hall–Kier alpha value is -2.75. The van der Waals surface area contributed by atoms with E-state index in [4.69, 9.17) is 9.15 Å². The van der Waals surface area contributed by atoms with Crippen LogP contribution in [0.2, 0.25) is 0 Å². The highest BCUT2D eigenvalue weighted by Gasteiger charge is 2.19. The van der Waals surface area contributed by atoms with Gasteiger partial charge in [-0.3, -0.25) is 0 Å². The zero-order valence-corrected chi connectivity index (χ0v) is 11.8. The summed E-state index contributed by atoms with van der Waals surface area (Å²) in [6, 6.07) is 11.8. The van der Waals surface area contributed by atoms with Gasteiger partial charge in [0.1, 0.15) is 5.52 Å². The van der Waals surface area contributed by atoms with Crippen LogP contribution in [0.1, 0.15) is 17.0 Å². The van der Waals surface area contributed by atoms with Gasteiger partial charge in [0.25, 0.3) is 0 Å². The Morgan fingerprint density at radius 3 is 2.67 bits per heavy atom. The van der Waals surface area contributed by atoms with Gasteiger partial charge in [-0.15, -0.1) is 0 Å². The van der Waals surface area contributed by atoms with Crippen LogP contribution < -0.4 is 10.1 Å². The fourth-order valence-corrected chi connectivity index (χ4v) is 2.50. The second-order valence-corrected chi connectivity index (χ2v) is 5.16. The van der Waals surface area contributed by atoms with Crippen molar-refractivity contribution in [3.8, 4) is 5.75 Å². The maximum Gasteiger partial charge on any atom is 0.225 e. The number of nitrogens with zero attached hydrogens (tertiary/aromatic N) is 1. The van der Waals surface area contributed by atoms with Crippen molar-refractivity contribution in [3.05, 3.63) is 59.3 Å². The van der Waals surface area contributed by atoms with Crippen LogP contribution in [0, 0.1) is 13.8 Å². The molecular weight excluding hydrogens is 264 g/mol. The molecular formula is C17H14N2O2. The van der Waals surface area contributed by atoms with E-state index in [0.29, 0.717) is 11.8 Å². The normalized spacial score (nSPS) is 15.0. The first-order valence-electron chi connectivity index (χ1n) is 6.83. The van der Waals surface area contributed by atoms with Crippen LogP contribution >= 0.6 is 0 Å². The first-order chi connectivity index (χ1) is 10.2. The van der Waals surface area contributed by atoms with E-state index in [0.717, 1.165) is 33.7 Å². The molecule has 0 aliphatic carbocycles. The van der Waals surface area contributed by atoms with Crippen molar-refractivity contribution in [1.29, 1.82) is 0 Å². The summed E-state index contributed by atoms with van der Waals surface area (Å²) in [7, 11) is 0. The van der Waals surface area contributed by atoms with E-state index < -0.39 is 0 Å². The predicted octanol–water partition coefficient (Wildman–Crippen LogP) is 4.25. The molecule has 1 aromatic heterocycles. The van der Waals surface area contributed by atoms with Crippen molar-refractivity contribution in [1.82, 2.24) is 4.98 Å². The molecule has 0 bridgehead atoms. The van der Waals surface area contributed by atoms with Crippen LogP contribution in [0.3, 0.4) is 0 Å². The van der Waals surface area contributed by atoms with Crippen LogP contribution in [0.4, 0.5) is 5.69 Å². The van der Waals surface area contributed by atoms with Gasteiger partial charge < -0.3 is 14.5 Å². The molecule has 1 aliphatic heterocycles. The minimum atomic E-state index is 0.534. The minimum Gasteiger partial charge on any atom is -0.439 e. The van der Waals surface area contributed by atoms with Crippen LogP contribution in [0.15, 0.2) is 46.7 Å². The van der Waals surface area contributed by atoms with Gasteiger partial charge in [-0.2, -0.15) is 0 Å². The lowest BCUT2D eigenvalue weighted by Gasteiger charge is -1.98. The molecule has 0 amide bonds. The Labute approximate surface area is 122 Å². The number of aromatic nitrogens is 1. The van der Waals surface area contributed by atoms with Gasteiger partial charge in [0.2, 0.25) is 11.8 Å². The van der Waals surface area contributed by atoms with Crippen LogP contribution in [0.5, 0.6) is 5.75 Å². The van der Waals surface area contributed by atoms with E-state index >= 15 is 0 Å². The molecule has 0 spiro atoms. The summed E-state index contributed by atoms with van der Waals surface area (Å²) in [4.78, 5) is 4.50. The van der Waals surface area contributed by atoms with Gasteiger partial charge in [-0.1, -0.05) is 24.3 Å². The molecule has 1 N–H and O–H groups in total. The fourth-order valence-electron chi connectivity index (χ4n) is 2.50. The average Bonchev–Trinajstić information content (AvgIpc) is 3.04.